The Hall–Kier alpha value is -2.02. The monoisotopic (exact) mass is 372 g/mol. The molecule has 0 amide bonds. The first-order valence-electron chi connectivity index (χ1n) is 6.11. The van der Waals surface area contributed by atoms with Gasteiger partial charge in [-0.3, -0.25) is 0 Å². The van der Waals surface area contributed by atoms with Crippen molar-refractivity contribution in [1.29, 1.82) is 0 Å². The van der Waals surface area contributed by atoms with Gasteiger partial charge in [-0.2, -0.15) is 0 Å². The van der Waals surface area contributed by atoms with Gasteiger partial charge in [0.1, 0.15) is 18.6 Å². The molecule has 0 heterocycles. The number of rotatable bonds is 5. The molecule has 0 atom stereocenters. The van der Waals surface area contributed by atoms with Crippen molar-refractivity contribution in [3.05, 3.63) is 64.1 Å². The minimum atomic E-state index is -4.69. The third kappa shape index (κ3) is 5.77. The molecule has 0 aliphatic heterocycles. The molecule has 7 heteroatoms. The number of benzene rings is 2. The average Bonchev–Trinajstić information content (AvgIpc) is 2.45. The second-order valence-corrected chi connectivity index (χ2v) is 5.09. The molecule has 2 aromatic carbocycles. The largest absolute Gasteiger partial charge is 0.573 e. The third-order valence-electron chi connectivity index (χ3n) is 2.47. The first kappa shape index (κ1) is 16.4. The Morgan fingerprint density at radius 2 is 1.64 bits per heavy atom. The van der Waals surface area contributed by atoms with Crippen LogP contribution in [0.4, 0.5) is 13.2 Å². The fraction of sp³-hybridized carbons (Fsp3) is 0.133. The van der Waals surface area contributed by atoms with Gasteiger partial charge in [-0.15, -0.1) is 13.2 Å². The minimum Gasteiger partial charge on any atom is -0.406 e. The number of ether oxygens (including phenoxy) is 1. The summed E-state index contributed by atoms with van der Waals surface area (Å²) in [6.45, 7) is 0.121. The summed E-state index contributed by atoms with van der Waals surface area (Å²) in [5.41, 5.74) is 1.41. The van der Waals surface area contributed by atoms with E-state index < -0.39 is 6.36 Å². The Morgan fingerprint density at radius 3 is 2.23 bits per heavy atom. The molecule has 0 bridgehead atoms. The van der Waals surface area contributed by atoms with Crippen molar-refractivity contribution in [3.63, 3.8) is 0 Å². The van der Waals surface area contributed by atoms with E-state index in [0.29, 0.717) is 5.56 Å². The second-order valence-electron chi connectivity index (χ2n) is 4.18. The quantitative estimate of drug-likeness (QED) is 0.558. The van der Waals surface area contributed by atoms with Crippen molar-refractivity contribution in [2.24, 2.45) is 5.16 Å². The van der Waals surface area contributed by atoms with Crippen LogP contribution in [-0.4, -0.2) is 12.6 Å². The van der Waals surface area contributed by atoms with Gasteiger partial charge in [0.15, 0.2) is 0 Å². The van der Waals surface area contributed by atoms with Gasteiger partial charge in [-0.25, -0.2) is 0 Å². The van der Waals surface area contributed by atoms with E-state index in [2.05, 4.69) is 32.0 Å². The molecule has 0 spiro atoms. The highest BCUT2D eigenvalue weighted by molar-refractivity contribution is 9.10. The van der Waals surface area contributed by atoms with E-state index in [0.717, 1.165) is 10.0 Å². The smallest absolute Gasteiger partial charge is 0.406 e. The molecule has 0 fully saturated rings. The van der Waals surface area contributed by atoms with E-state index in [4.69, 9.17) is 4.84 Å². The van der Waals surface area contributed by atoms with Crippen LogP contribution in [0, 0.1) is 0 Å². The lowest BCUT2D eigenvalue weighted by Crippen LogP contribution is -2.17. The maximum Gasteiger partial charge on any atom is 0.573 e. The fourth-order valence-electron chi connectivity index (χ4n) is 1.50. The molecule has 1 radical (unpaired) electrons. The highest BCUT2D eigenvalue weighted by atomic mass is 79.9. The molecule has 0 saturated carbocycles. The van der Waals surface area contributed by atoms with Crippen LogP contribution in [0.5, 0.6) is 5.75 Å². The standard InChI is InChI=1S/C15H10BrF3NO2/c16-13-5-1-11(2-6-13)9-20-21-10-12-3-7-14(8-4-12)22-15(17,18)19/h1-8H,10H2. The first-order chi connectivity index (χ1) is 10.4. The van der Waals surface area contributed by atoms with E-state index in [1.54, 1.807) is 12.1 Å². The second kappa shape index (κ2) is 7.31. The summed E-state index contributed by atoms with van der Waals surface area (Å²) in [5, 5.41) is 3.67. The molecule has 2 rings (SSSR count). The Kier molecular flexibility index (Phi) is 5.43. The van der Waals surface area contributed by atoms with Crippen LogP contribution in [0.15, 0.2) is 58.2 Å². The van der Waals surface area contributed by atoms with Crippen molar-refractivity contribution < 1.29 is 22.7 Å². The lowest BCUT2D eigenvalue weighted by Gasteiger charge is -2.08. The topological polar surface area (TPSA) is 30.8 Å². The van der Waals surface area contributed by atoms with E-state index in [1.165, 1.54) is 24.3 Å². The van der Waals surface area contributed by atoms with E-state index in [1.807, 2.05) is 12.1 Å². The predicted octanol–water partition coefficient (Wildman–Crippen LogP) is 4.78. The van der Waals surface area contributed by atoms with Crippen LogP contribution in [0.2, 0.25) is 0 Å². The summed E-state index contributed by atoms with van der Waals surface area (Å²) in [7, 11) is 0. The van der Waals surface area contributed by atoms with Crippen molar-refractivity contribution in [1.82, 2.24) is 0 Å². The molecule has 0 aromatic heterocycles. The van der Waals surface area contributed by atoms with Gasteiger partial charge in [-0.05, 0) is 29.8 Å². The van der Waals surface area contributed by atoms with Gasteiger partial charge in [-0.1, -0.05) is 45.4 Å². The van der Waals surface area contributed by atoms with Gasteiger partial charge < -0.3 is 9.57 Å². The van der Waals surface area contributed by atoms with Crippen LogP contribution in [0.1, 0.15) is 11.1 Å². The molecule has 0 aliphatic rings. The maximum absolute atomic E-state index is 12.0. The van der Waals surface area contributed by atoms with Crippen molar-refractivity contribution in [2.75, 3.05) is 0 Å². The number of hydrogen-bond acceptors (Lipinski definition) is 3. The Balaban J connectivity index is 1.83. The van der Waals surface area contributed by atoms with Crippen LogP contribution in [-0.2, 0) is 11.4 Å². The van der Waals surface area contributed by atoms with Gasteiger partial charge in [0.25, 0.3) is 0 Å². The molecule has 3 nitrogen and oxygen atoms in total. The Bertz CT molecular complexity index is 625. The van der Waals surface area contributed by atoms with Crippen LogP contribution in [0.3, 0.4) is 0 Å². The molecule has 2 aromatic rings. The van der Waals surface area contributed by atoms with Gasteiger partial charge in [0.2, 0.25) is 0 Å². The normalized spacial score (nSPS) is 11.6. The molecule has 115 valence electrons. The Morgan fingerprint density at radius 1 is 1.00 bits per heavy atom. The van der Waals surface area contributed by atoms with Crippen LogP contribution >= 0.6 is 15.9 Å². The summed E-state index contributed by atoms with van der Waals surface area (Å²) in [5.74, 6) is -0.277. The van der Waals surface area contributed by atoms with E-state index in [-0.39, 0.29) is 12.4 Å². The number of halogens is 4. The number of nitrogens with zero attached hydrogens (tertiary/aromatic N) is 1. The maximum atomic E-state index is 12.0. The summed E-state index contributed by atoms with van der Waals surface area (Å²) >= 11 is 3.31. The number of hydrogen-bond donors (Lipinski definition) is 0. The fourth-order valence-corrected chi connectivity index (χ4v) is 1.77. The zero-order valence-electron chi connectivity index (χ0n) is 11.1. The summed E-state index contributed by atoms with van der Waals surface area (Å²) in [4.78, 5) is 5.03. The van der Waals surface area contributed by atoms with Crippen LogP contribution < -0.4 is 4.74 Å². The number of alkyl halides is 3. The molecular formula is C15H10BrF3NO2. The molecule has 0 N–H and O–H groups in total. The third-order valence-corrected chi connectivity index (χ3v) is 3.00. The molecule has 22 heavy (non-hydrogen) atoms. The molecular weight excluding hydrogens is 363 g/mol. The summed E-state index contributed by atoms with van der Waals surface area (Å²) in [6, 6.07) is 12.7. The SMILES string of the molecule is FC(F)(F)Oc1ccc(CO/N=[C]\c2ccc(Br)cc2)cc1. The average molecular weight is 373 g/mol. The highest BCUT2D eigenvalue weighted by Gasteiger charge is 2.30. The lowest BCUT2D eigenvalue weighted by atomic mass is 10.2. The van der Waals surface area contributed by atoms with E-state index in [9.17, 15) is 13.2 Å². The zero-order chi connectivity index (χ0) is 16.0. The minimum absolute atomic E-state index is 0.121. The lowest BCUT2D eigenvalue weighted by molar-refractivity contribution is -0.274. The van der Waals surface area contributed by atoms with Gasteiger partial charge in [0.05, 0.1) is 0 Å². The summed E-state index contributed by atoms with van der Waals surface area (Å²) in [6.07, 6.45) is -2.00. The molecule has 0 unspecified atom stereocenters. The summed E-state index contributed by atoms with van der Waals surface area (Å²) < 4.78 is 40.7. The molecule has 0 saturated heterocycles. The van der Waals surface area contributed by atoms with Gasteiger partial charge >= 0.3 is 6.36 Å². The van der Waals surface area contributed by atoms with Gasteiger partial charge in [0, 0.05) is 10.0 Å². The molecule has 0 aliphatic carbocycles. The predicted molar refractivity (Wildman–Crippen MR) is 78.6 cm³/mol. The van der Waals surface area contributed by atoms with Crippen LogP contribution in [0.25, 0.3) is 0 Å². The Labute approximate surface area is 133 Å². The van der Waals surface area contributed by atoms with Crippen molar-refractivity contribution >= 4 is 22.1 Å². The van der Waals surface area contributed by atoms with E-state index >= 15 is 0 Å². The highest BCUT2D eigenvalue weighted by Crippen LogP contribution is 2.22. The van der Waals surface area contributed by atoms with Crippen molar-refractivity contribution in [3.8, 4) is 5.75 Å². The zero-order valence-corrected chi connectivity index (χ0v) is 12.7. The van der Waals surface area contributed by atoms with Crippen molar-refractivity contribution in [2.45, 2.75) is 13.0 Å². The first-order valence-corrected chi connectivity index (χ1v) is 6.90.